The molecule has 5 heteroatoms. The Kier molecular flexibility index (Phi) is 6.70. The quantitative estimate of drug-likeness (QED) is 0.297. The number of aliphatic hydroxyl groups excluding tert-OH is 1. The smallest absolute Gasteiger partial charge is 0.157 e. The van der Waals surface area contributed by atoms with Crippen LogP contribution in [0.15, 0.2) is 0 Å². The minimum Gasteiger partial charge on any atom is -0.366 e. The highest BCUT2D eigenvalue weighted by Crippen LogP contribution is 1.96. The van der Waals surface area contributed by atoms with Gasteiger partial charge in [-0.1, -0.05) is 0 Å². The number of aliphatic hydroxyl groups is 1. The molecule has 0 bridgehead atoms. The Balaban J connectivity index is 3.44. The number of hydrogen-bond acceptors (Lipinski definition) is 5. The number of carbonyl (C=O) groups is 1. The van der Waals surface area contributed by atoms with Crippen molar-refractivity contribution in [3.63, 3.8) is 0 Å². The van der Waals surface area contributed by atoms with Gasteiger partial charge in [-0.05, 0) is 33.4 Å². The second kappa shape index (κ2) is 6.97. The van der Waals surface area contributed by atoms with Gasteiger partial charge in [0.05, 0.1) is 6.04 Å². The second-order valence-corrected chi connectivity index (χ2v) is 2.99. The lowest BCUT2D eigenvalue weighted by atomic mass is 10.1. The van der Waals surface area contributed by atoms with Gasteiger partial charge in [-0.2, -0.15) is 0 Å². The fraction of sp³-hybridized carbons (Fsp3) is 0.875. The molecule has 0 saturated carbocycles. The second-order valence-electron chi connectivity index (χ2n) is 2.99. The van der Waals surface area contributed by atoms with Crippen LogP contribution in [0.4, 0.5) is 0 Å². The molecule has 5 nitrogen and oxygen atoms in total. The van der Waals surface area contributed by atoms with E-state index in [9.17, 15) is 4.79 Å². The zero-order chi connectivity index (χ0) is 10.3. The standard InChI is InChI=1S/C8H19N3O2/c1-6(12)7(10-2)4-3-5-11-8(9)13/h7-8,10-11,13H,3-5,9H2,1-2H3/t7-,8?/m0/s1. The van der Waals surface area contributed by atoms with Crippen molar-refractivity contribution in [1.29, 1.82) is 0 Å². The van der Waals surface area contributed by atoms with E-state index in [1.807, 2.05) is 0 Å². The van der Waals surface area contributed by atoms with E-state index in [0.717, 1.165) is 12.8 Å². The number of nitrogens with two attached hydrogens (primary N) is 1. The Bertz CT molecular complexity index is 150. The van der Waals surface area contributed by atoms with Crippen molar-refractivity contribution in [2.75, 3.05) is 13.6 Å². The summed E-state index contributed by atoms with van der Waals surface area (Å²) in [5.74, 6) is 0.135. The Hall–Kier alpha value is -0.490. The van der Waals surface area contributed by atoms with E-state index in [2.05, 4.69) is 10.6 Å². The molecule has 13 heavy (non-hydrogen) atoms. The van der Waals surface area contributed by atoms with Crippen LogP contribution < -0.4 is 16.4 Å². The monoisotopic (exact) mass is 189 g/mol. The first kappa shape index (κ1) is 12.5. The van der Waals surface area contributed by atoms with Crippen molar-refractivity contribution in [3.8, 4) is 0 Å². The van der Waals surface area contributed by atoms with E-state index in [0.29, 0.717) is 6.54 Å². The molecule has 0 aromatic heterocycles. The summed E-state index contributed by atoms with van der Waals surface area (Å²) in [6.07, 6.45) is 0.593. The molecule has 0 heterocycles. The van der Waals surface area contributed by atoms with Gasteiger partial charge in [0.2, 0.25) is 0 Å². The highest BCUT2D eigenvalue weighted by molar-refractivity contribution is 5.81. The third kappa shape index (κ3) is 6.65. The van der Waals surface area contributed by atoms with Crippen LogP contribution in [0.1, 0.15) is 19.8 Å². The van der Waals surface area contributed by atoms with Crippen LogP contribution in [-0.4, -0.2) is 36.9 Å². The molecule has 0 aromatic rings. The maximum absolute atomic E-state index is 10.9. The Labute approximate surface area is 78.7 Å². The van der Waals surface area contributed by atoms with E-state index >= 15 is 0 Å². The van der Waals surface area contributed by atoms with Gasteiger partial charge >= 0.3 is 0 Å². The van der Waals surface area contributed by atoms with Crippen LogP contribution in [-0.2, 0) is 4.79 Å². The third-order valence-corrected chi connectivity index (χ3v) is 1.86. The van der Waals surface area contributed by atoms with Gasteiger partial charge in [0.15, 0.2) is 6.35 Å². The summed E-state index contributed by atoms with van der Waals surface area (Å²) in [7, 11) is 1.76. The van der Waals surface area contributed by atoms with Crippen molar-refractivity contribution >= 4 is 5.78 Å². The highest BCUT2D eigenvalue weighted by atomic mass is 16.3. The SMILES string of the molecule is CN[C@@H](CCCNC(N)O)C(C)=O. The van der Waals surface area contributed by atoms with Crippen molar-refractivity contribution < 1.29 is 9.90 Å². The molecule has 0 radical (unpaired) electrons. The van der Waals surface area contributed by atoms with Gasteiger partial charge < -0.3 is 10.4 Å². The van der Waals surface area contributed by atoms with Crippen LogP contribution in [0.3, 0.4) is 0 Å². The minimum absolute atomic E-state index is 0.0864. The van der Waals surface area contributed by atoms with Crippen molar-refractivity contribution in [1.82, 2.24) is 10.6 Å². The maximum atomic E-state index is 10.9. The summed E-state index contributed by atoms with van der Waals surface area (Å²) in [5, 5.41) is 14.2. The summed E-state index contributed by atoms with van der Waals surface area (Å²) in [5.41, 5.74) is 5.06. The molecule has 78 valence electrons. The molecule has 0 saturated heterocycles. The first-order valence-electron chi connectivity index (χ1n) is 4.42. The molecule has 2 atom stereocenters. The van der Waals surface area contributed by atoms with Crippen molar-refractivity contribution in [2.45, 2.75) is 32.2 Å². The van der Waals surface area contributed by atoms with E-state index in [1.54, 1.807) is 14.0 Å². The zero-order valence-electron chi connectivity index (χ0n) is 8.21. The predicted octanol–water partition coefficient (Wildman–Crippen LogP) is -1.23. The zero-order valence-corrected chi connectivity index (χ0v) is 8.21. The predicted molar refractivity (Wildman–Crippen MR) is 51.0 cm³/mol. The van der Waals surface area contributed by atoms with Gasteiger partial charge in [0.1, 0.15) is 5.78 Å². The van der Waals surface area contributed by atoms with Crippen molar-refractivity contribution in [2.24, 2.45) is 5.73 Å². The molecule has 0 rings (SSSR count). The van der Waals surface area contributed by atoms with Gasteiger partial charge in [0, 0.05) is 0 Å². The summed E-state index contributed by atoms with van der Waals surface area (Å²) in [4.78, 5) is 10.9. The van der Waals surface area contributed by atoms with E-state index in [-0.39, 0.29) is 11.8 Å². The van der Waals surface area contributed by atoms with Crippen LogP contribution >= 0.6 is 0 Å². The topological polar surface area (TPSA) is 87.4 Å². The van der Waals surface area contributed by atoms with Crippen LogP contribution in [0.5, 0.6) is 0 Å². The van der Waals surface area contributed by atoms with Gasteiger partial charge in [-0.3, -0.25) is 15.8 Å². The number of likely N-dealkylation sites (N-methyl/N-ethyl adjacent to an activating group) is 1. The van der Waals surface area contributed by atoms with Crippen LogP contribution in [0.25, 0.3) is 0 Å². The van der Waals surface area contributed by atoms with Gasteiger partial charge in [0.25, 0.3) is 0 Å². The average Bonchev–Trinajstić information content (AvgIpc) is 2.03. The largest absolute Gasteiger partial charge is 0.366 e. The molecule has 0 amide bonds. The Morgan fingerprint density at radius 2 is 2.23 bits per heavy atom. The number of Topliss-reactive ketones (excluding diaryl/α,β-unsaturated/α-hetero) is 1. The maximum Gasteiger partial charge on any atom is 0.157 e. The summed E-state index contributed by atoms with van der Waals surface area (Å²) in [6, 6.07) is -0.0864. The first-order valence-corrected chi connectivity index (χ1v) is 4.42. The number of carbonyl (C=O) groups excluding carboxylic acids is 1. The fourth-order valence-electron chi connectivity index (χ4n) is 1.11. The number of nitrogens with one attached hydrogen (secondary N) is 2. The highest BCUT2D eigenvalue weighted by Gasteiger charge is 2.10. The Morgan fingerprint density at radius 1 is 1.62 bits per heavy atom. The summed E-state index contributed by atoms with van der Waals surface area (Å²) < 4.78 is 0. The summed E-state index contributed by atoms with van der Waals surface area (Å²) in [6.45, 7) is 2.18. The van der Waals surface area contributed by atoms with Gasteiger partial charge in [-0.25, -0.2) is 0 Å². The first-order chi connectivity index (χ1) is 6.07. The lowest BCUT2D eigenvalue weighted by molar-refractivity contribution is -0.119. The van der Waals surface area contributed by atoms with Crippen LogP contribution in [0.2, 0.25) is 0 Å². The normalized spacial score (nSPS) is 15.4. The minimum atomic E-state index is -0.967. The van der Waals surface area contributed by atoms with E-state index in [1.165, 1.54) is 0 Å². The molecule has 0 aliphatic heterocycles. The lowest BCUT2D eigenvalue weighted by Gasteiger charge is -2.13. The number of rotatable bonds is 7. The summed E-state index contributed by atoms with van der Waals surface area (Å²) >= 11 is 0. The van der Waals surface area contributed by atoms with E-state index in [4.69, 9.17) is 10.8 Å². The van der Waals surface area contributed by atoms with Crippen molar-refractivity contribution in [3.05, 3.63) is 0 Å². The number of hydrogen-bond donors (Lipinski definition) is 4. The molecule has 1 unspecified atom stereocenters. The molecular formula is C8H19N3O2. The molecule has 0 spiro atoms. The molecule has 5 N–H and O–H groups in total. The van der Waals surface area contributed by atoms with Crippen LogP contribution in [0, 0.1) is 0 Å². The molecule has 0 aliphatic carbocycles. The molecule has 0 aliphatic rings. The molecule has 0 fully saturated rings. The van der Waals surface area contributed by atoms with E-state index < -0.39 is 6.35 Å². The molecular weight excluding hydrogens is 170 g/mol. The third-order valence-electron chi connectivity index (χ3n) is 1.86. The van der Waals surface area contributed by atoms with Gasteiger partial charge in [-0.15, -0.1) is 0 Å². The molecule has 0 aromatic carbocycles. The fourth-order valence-corrected chi connectivity index (χ4v) is 1.11. The average molecular weight is 189 g/mol. The Morgan fingerprint density at radius 3 is 2.62 bits per heavy atom. The number of ketones is 1. The lowest BCUT2D eigenvalue weighted by Crippen LogP contribution is -2.38.